The van der Waals surface area contributed by atoms with Crippen LogP contribution in [0.1, 0.15) is 29.7 Å². The average molecular weight is 440 g/mol. The van der Waals surface area contributed by atoms with Crippen LogP contribution >= 0.6 is 0 Å². The molecule has 1 aromatic heterocycles. The van der Waals surface area contributed by atoms with Crippen LogP contribution in [0.4, 0.5) is 0 Å². The van der Waals surface area contributed by atoms with E-state index in [1.165, 1.54) is 53.3 Å². The molecule has 3 aromatic carbocycles. The van der Waals surface area contributed by atoms with Gasteiger partial charge >= 0.3 is 0 Å². The van der Waals surface area contributed by atoms with Gasteiger partial charge in [0.25, 0.3) is 0 Å². The number of fused-ring (bicyclic) bond motifs is 2. The van der Waals surface area contributed by atoms with Crippen molar-refractivity contribution in [1.29, 1.82) is 5.41 Å². The Morgan fingerprint density at radius 1 is 1.00 bits per heavy atom. The van der Waals surface area contributed by atoms with E-state index in [1.54, 1.807) is 0 Å². The van der Waals surface area contributed by atoms with Gasteiger partial charge in [0, 0.05) is 29.9 Å². The van der Waals surface area contributed by atoms with Crippen molar-refractivity contribution in [3.05, 3.63) is 83.6 Å². The highest BCUT2D eigenvalue weighted by molar-refractivity contribution is 5.98. The molecule has 0 saturated carbocycles. The molecule has 5 heteroatoms. The van der Waals surface area contributed by atoms with Gasteiger partial charge in [0.2, 0.25) is 0 Å². The highest BCUT2D eigenvalue weighted by atomic mass is 15.1. The Morgan fingerprint density at radius 2 is 1.79 bits per heavy atom. The topological polar surface area (TPSA) is 70.1 Å². The fourth-order valence-electron chi connectivity index (χ4n) is 5.08. The van der Waals surface area contributed by atoms with Crippen molar-refractivity contribution in [2.45, 2.75) is 25.9 Å². The van der Waals surface area contributed by atoms with E-state index < -0.39 is 0 Å². The van der Waals surface area contributed by atoms with Crippen molar-refractivity contribution in [2.75, 3.05) is 26.7 Å². The van der Waals surface area contributed by atoms with Crippen LogP contribution in [-0.2, 0) is 13.1 Å². The minimum Gasteiger partial charge on any atom is -0.384 e. The molecule has 170 valence electrons. The quantitative estimate of drug-likeness (QED) is 0.292. The number of nitrogens with zero attached hydrogens (tertiary/aromatic N) is 2. The van der Waals surface area contributed by atoms with Crippen molar-refractivity contribution in [3.8, 4) is 0 Å². The Bertz CT molecular complexity index is 1270. The molecular formula is C28H33N5. The maximum atomic E-state index is 7.91. The number of piperidine rings is 1. The number of amidine groups is 1. The summed E-state index contributed by atoms with van der Waals surface area (Å²) in [6.45, 7) is 5.07. The Balaban J connectivity index is 1.46. The molecule has 4 N–H and O–H groups in total. The van der Waals surface area contributed by atoms with E-state index in [0.29, 0.717) is 0 Å². The Kier molecular flexibility index (Phi) is 6.16. The first-order chi connectivity index (χ1) is 16.1. The van der Waals surface area contributed by atoms with Crippen molar-refractivity contribution in [1.82, 2.24) is 14.8 Å². The Morgan fingerprint density at radius 3 is 2.61 bits per heavy atom. The lowest BCUT2D eigenvalue weighted by Gasteiger charge is -2.29. The lowest BCUT2D eigenvalue weighted by atomic mass is 9.97. The number of likely N-dealkylation sites (tertiary alicyclic amines) is 1. The zero-order chi connectivity index (χ0) is 22.8. The summed E-state index contributed by atoms with van der Waals surface area (Å²) in [5.41, 5.74) is 10.3. The smallest absolute Gasteiger partial charge is 0.122 e. The lowest BCUT2D eigenvalue weighted by molar-refractivity contribution is 0.215. The number of nitrogen functional groups attached to an aromatic ring is 1. The summed E-state index contributed by atoms with van der Waals surface area (Å²) in [6, 6.07) is 23.5. The van der Waals surface area contributed by atoms with Crippen molar-refractivity contribution >= 4 is 27.5 Å². The summed E-state index contributed by atoms with van der Waals surface area (Å²) in [4.78, 5) is 2.42. The molecule has 0 bridgehead atoms. The van der Waals surface area contributed by atoms with Crippen LogP contribution in [-0.4, -0.2) is 42.0 Å². The van der Waals surface area contributed by atoms with Gasteiger partial charge in [-0.15, -0.1) is 0 Å². The lowest BCUT2D eigenvalue weighted by Crippen LogP contribution is -2.35. The minimum atomic E-state index is 0.108. The summed E-state index contributed by atoms with van der Waals surface area (Å²) >= 11 is 0. The highest BCUT2D eigenvalue weighted by Gasteiger charge is 2.17. The SMILES string of the molecule is CN1CCC(CNCc2cc3ccc(C(=N)N)cc3n2Cc2cccc3ccccc23)CC1. The van der Waals surface area contributed by atoms with Gasteiger partial charge in [-0.05, 0) is 79.3 Å². The predicted molar refractivity (Wildman–Crippen MR) is 138 cm³/mol. The second kappa shape index (κ2) is 9.38. The van der Waals surface area contributed by atoms with Crippen LogP contribution in [0.2, 0.25) is 0 Å². The van der Waals surface area contributed by atoms with Crippen LogP contribution in [0.15, 0.2) is 66.7 Å². The third-order valence-corrected chi connectivity index (χ3v) is 7.09. The summed E-state index contributed by atoms with van der Waals surface area (Å²) in [5.74, 6) is 0.859. The van der Waals surface area contributed by atoms with E-state index in [-0.39, 0.29) is 5.84 Å². The number of hydrogen-bond donors (Lipinski definition) is 3. The van der Waals surface area contributed by atoms with Gasteiger partial charge in [0.1, 0.15) is 5.84 Å². The van der Waals surface area contributed by atoms with Gasteiger partial charge < -0.3 is 20.5 Å². The third kappa shape index (κ3) is 4.65. The number of nitrogens with one attached hydrogen (secondary N) is 2. The van der Waals surface area contributed by atoms with Gasteiger partial charge in [-0.2, -0.15) is 0 Å². The van der Waals surface area contributed by atoms with Crippen molar-refractivity contribution < 1.29 is 0 Å². The van der Waals surface area contributed by atoms with Gasteiger partial charge in [0.15, 0.2) is 0 Å². The van der Waals surface area contributed by atoms with Crippen LogP contribution in [0.3, 0.4) is 0 Å². The number of nitrogens with two attached hydrogens (primary N) is 1. The molecule has 0 radical (unpaired) electrons. The molecule has 1 saturated heterocycles. The van der Waals surface area contributed by atoms with E-state index in [1.807, 2.05) is 6.07 Å². The first-order valence-electron chi connectivity index (χ1n) is 11.9. The van der Waals surface area contributed by atoms with Crippen molar-refractivity contribution in [3.63, 3.8) is 0 Å². The molecule has 0 unspecified atom stereocenters. The van der Waals surface area contributed by atoms with E-state index >= 15 is 0 Å². The minimum absolute atomic E-state index is 0.108. The van der Waals surface area contributed by atoms with E-state index in [9.17, 15) is 0 Å². The third-order valence-electron chi connectivity index (χ3n) is 7.09. The molecule has 1 aliphatic heterocycles. The van der Waals surface area contributed by atoms with Gasteiger partial charge in [-0.3, -0.25) is 5.41 Å². The van der Waals surface area contributed by atoms with Gasteiger partial charge in [-0.1, -0.05) is 54.6 Å². The molecule has 1 fully saturated rings. The summed E-state index contributed by atoms with van der Waals surface area (Å²) in [6.07, 6.45) is 2.54. The van der Waals surface area contributed by atoms with Gasteiger partial charge in [-0.25, -0.2) is 0 Å². The second-order valence-corrected chi connectivity index (χ2v) is 9.42. The number of benzene rings is 3. The summed E-state index contributed by atoms with van der Waals surface area (Å²) < 4.78 is 2.39. The molecule has 0 amide bonds. The van der Waals surface area contributed by atoms with Crippen LogP contribution in [0, 0.1) is 11.3 Å². The number of hydrogen-bond acceptors (Lipinski definition) is 3. The molecule has 33 heavy (non-hydrogen) atoms. The van der Waals surface area contributed by atoms with Crippen LogP contribution in [0.25, 0.3) is 21.7 Å². The standard InChI is InChI=1S/C28H33N5/c1-32-13-11-20(12-14-32)17-31-18-25-15-22-9-10-23(28(29)30)16-27(22)33(25)19-24-7-4-6-21-5-2-3-8-26(21)24/h2-10,15-16,20,31H,11-14,17-19H2,1H3,(H3,29,30). The Hall–Kier alpha value is -3.15. The molecule has 0 aliphatic carbocycles. The zero-order valence-corrected chi connectivity index (χ0v) is 19.3. The van der Waals surface area contributed by atoms with Crippen LogP contribution < -0.4 is 11.1 Å². The molecule has 2 heterocycles. The number of rotatable bonds is 7. The van der Waals surface area contributed by atoms with E-state index in [4.69, 9.17) is 11.1 Å². The summed E-state index contributed by atoms with van der Waals surface area (Å²) in [7, 11) is 2.21. The first-order valence-corrected chi connectivity index (χ1v) is 11.9. The van der Waals surface area contributed by atoms with E-state index in [0.717, 1.165) is 36.6 Å². The summed E-state index contributed by atoms with van der Waals surface area (Å²) in [5, 5.41) is 15.4. The maximum absolute atomic E-state index is 7.91. The number of aromatic nitrogens is 1. The molecule has 5 nitrogen and oxygen atoms in total. The Labute approximate surface area is 195 Å². The average Bonchev–Trinajstić information content (AvgIpc) is 3.17. The fraction of sp³-hybridized carbons (Fsp3) is 0.321. The molecule has 4 aromatic rings. The van der Waals surface area contributed by atoms with E-state index in [2.05, 4.69) is 82.5 Å². The molecule has 0 atom stereocenters. The maximum Gasteiger partial charge on any atom is 0.122 e. The van der Waals surface area contributed by atoms with Gasteiger partial charge in [0.05, 0.1) is 0 Å². The monoisotopic (exact) mass is 439 g/mol. The molecule has 5 rings (SSSR count). The second-order valence-electron chi connectivity index (χ2n) is 9.42. The van der Waals surface area contributed by atoms with Crippen LogP contribution in [0.5, 0.6) is 0 Å². The molecule has 0 spiro atoms. The first kappa shape index (κ1) is 21.7. The molecular weight excluding hydrogens is 406 g/mol. The highest BCUT2D eigenvalue weighted by Crippen LogP contribution is 2.26. The zero-order valence-electron chi connectivity index (χ0n) is 19.3. The fourth-order valence-corrected chi connectivity index (χ4v) is 5.08. The normalized spacial score (nSPS) is 15.4. The largest absolute Gasteiger partial charge is 0.384 e. The van der Waals surface area contributed by atoms with Crippen molar-refractivity contribution in [2.24, 2.45) is 11.7 Å². The molecule has 1 aliphatic rings. The predicted octanol–water partition coefficient (Wildman–Crippen LogP) is 4.56.